The third-order valence-corrected chi connectivity index (χ3v) is 5.40. The van der Waals surface area contributed by atoms with Crippen molar-refractivity contribution in [3.63, 3.8) is 0 Å². The fourth-order valence-corrected chi connectivity index (χ4v) is 4.44. The number of hydrogen-bond acceptors (Lipinski definition) is 1. The Kier molecular flexibility index (Phi) is 2.56. The molecular formula is C13H23NO. The predicted molar refractivity (Wildman–Crippen MR) is 61.5 cm³/mol. The molecule has 0 radical (unpaired) electrons. The molecule has 2 fully saturated rings. The lowest BCUT2D eigenvalue weighted by molar-refractivity contribution is -0.111. The van der Waals surface area contributed by atoms with Crippen molar-refractivity contribution in [1.29, 1.82) is 0 Å². The molecule has 2 saturated carbocycles. The van der Waals surface area contributed by atoms with Gasteiger partial charge in [-0.1, -0.05) is 27.2 Å². The fourth-order valence-electron chi connectivity index (χ4n) is 4.44. The monoisotopic (exact) mass is 209 g/mol. The number of carbonyl (C=O) groups excluding carboxylic acids is 1. The van der Waals surface area contributed by atoms with E-state index in [9.17, 15) is 4.79 Å². The molecule has 2 rings (SSSR count). The van der Waals surface area contributed by atoms with Crippen LogP contribution in [0.4, 0.5) is 0 Å². The maximum absolute atomic E-state index is 10.7. The van der Waals surface area contributed by atoms with Gasteiger partial charge in [0.15, 0.2) is 0 Å². The highest BCUT2D eigenvalue weighted by molar-refractivity contribution is 5.47. The second-order valence-electron chi connectivity index (χ2n) is 5.94. The Hall–Kier alpha value is -0.530. The van der Waals surface area contributed by atoms with Crippen molar-refractivity contribution >= 4 is 6.41 Å². The molecule has 3 atom stereocenters. The van der Waals surface area contributed by atoms with Crippen LogP contribution in [-0.4, -0.2) is 12.5 Å². The molecule has 0 aromatic rings. The predicted octanol–water partition coefficient (Wildman–Crippen LogP) is 2.73. The standard InChI is InChI=1S/C13H23NO/c1-4-6-13-7-5-10(12(13,2)3)8-11(13)14-9-15/h9-11H,4-8H2,1-3H3,(H,14,15)/t10-,11-,13+/m0/s1. The summed E-state index contributed by atoms with van der Waals surface area (Å²) in [5, 5.41) is 3.08. The lowest BCUT2D eigenvalue weighted by atomic mass is 9.65. The zero-order valence-corrected chi connectivity index (χ0v) is 10.2. The van der Waals surface area contributed by atoms with Crippen LogP contribution in [0.2, 0.25) is 0 Å². The van der Waals surface area contributed by atoms with Crippen LogP contribution in [0.1, 0.15) is 52.9 Å². The zero-order valence-electron chi connectivity index (χ0n) is 10.2. The maximum atomic E-state index is 10.7. The first-order valence-corrected chi connectivity index (χ1v) is 6.28. The van der Waals surface area contributed by atoms with Crippen molar-refractivity contribution in [2.24, 2.45) is 16.7 Å². The Balaban J connectivity index is 2.28. The minimum atomic E-state index is 0.382. The van der Waals surface area contributed by atoms with Crippen molar-refractivity contribution < 1.29 is 4.79 Å². The van der Waals surface area contributed by atoms with E-state index in [0.29, 0.717) is 16.9 Å². The molecule has 2 nitrogen and oxygen atoms in total. The van der Waals surface area contributed by atoms with Gasteiger partial charge in [-0.25, -0.2) is 0 Å². The van der Waals surface area contributed by atoms with Crippen LogP contribution in [0, 0.1) is 16.7 Å². The molecule has 0 unspecified atom stereocenters. The van der Waals surface area contributed by atoms with Crippen LogP contribution in [0.15, 0.2) is 0 Å². The summed E-state index contributed by atoms with van der Waals surface area (Å²) in [6, 6.07) is 0.434. The highest BCUT2D eigenvalue weighted by Crippen LogP contribution is 2.67. The van der Waals surface area contributed by atoms with E-state index >= 15 is 0 Å². The number of fused-ring (bicyclic) bond motifs is 2. The van der Waals surface area contributed by atoms with Gasteiger partial charge < -0.3 is 5.32 Å². The van der Waals surface area contributed by atoms with Crippen LogP contribution in [-0.2, 0) is 4.79 Å². The van der Waals surface area contributed by atoms with Crippen LogP contribution in [0.25, 0.3) is 0 Å². The Morgan fingerprint density at radius 1 is 1.47 bits per heavy atom. The van der Waals surface area contributed by atoms with Gasteiger partial charge in [0.25, 0.3) is 0 Å². The molecule has 0 saturated heterocycles. The molecule has 2 bridgehead atoms. The SMILES string of the molecule is CCC[C@@]12CC[C@@H](C[C@@H]1NC=O)C2(C)C. The fraction of sp³-hybridized carbons (Fsp3) is 0.923. The Labute approximate surface area is 92.8 Å². The van der Waals surface area contributed by atoms with Gasteiger partial charge in [-0.3, -0.25) is 4.79 Å². The van der Waals surface area contributed by atoms with Crippen LogP contribution in [0.5, 0.6) is 0 Å². The first-order valence-electron chi connectivity index (χ1n) is 6.28. The van der Waals surface area contributed by atoms with Crippen molar-refractivity contribution in [2.75, 3.05) is 0 Å². The average Bonchev–Trinajstić information content (AvgIpc) is 2.53. The molecule has 86 valence electrons. The van der Waals surface area contributed by atoms with Gasteiger partial charge in [0, 0.05) is 6.04 Å². The van der Waals surface area contributed by atoms with Crippen LogP contribution < -0.4 is 5.32 Å². The lowest BCUT2D eigenvalue weighted by Gasteiger charge is -2.42. The normalized spacial score (nSPS) is 41.8. The molecule has 15 heavy (non-hydrogen) atoms. The minimum Gasteiger partial charge on any atom is -0.355 e. The van der Waals surface area contributed by atoms with E-state index in [0.717, 1.165) is 12.3 Å². The minimum absolute atomic E-state index is 0.382. The number of nitrogens with one attached hydrogen (secondary N) is 1. The van der Waals surface area contributed by atoms with E-state index in [2.05, 4.69) is 26.1 Å². The number of carbonyl (C=O) groups is 1. The highest BCUT2D eigenvalue weighted by Gasteiger charge is 2.63. The third kappa shape index (κ3) is 1.26. The third-order valence-electron chi connectivity index (χ3n) is 5.40. The zero-order chi connectivity index (χ0) is 11.1. The maximum Gasteiger partial charge on any atom is 0.207 e. The van der Waals surface area contributed by atoms with E-state index in [1.165, 1.54) is 32.1 Å². The number of hydrogen-bond donors (Lipinski definition) is 1. The topological polar surface area (TPSA) is 29.1 Å². The number of rotatable bonds is 4. The van der Waals surface area contributed by atoms with Gasteiger partial charge >= 0.3 is 0 Å². The van der Waals surface area contributed by atoms with Crippen molar-refractivity contribution in [1.82, 2.24) is 5.32 Å². The molecule has 0 spiro atoms. The smallest absolute Gasteiger partial charge is 0.207 e. The van der Waals surface area contributed by atoms with E-state index in [4.69, 9.17) is 0 Å². The first-order chi connectivity index (χ1) is 7.08. The van der Waals surface area contributed by atoms with Crippen molar-refractivity contribution in [3.05, 3.63) is 0 Å². The summed E-state index contributed by atoms with van der Waals surface area (Å²) in [5.74, 6) is 0.821. The Morgan fingerprint density at radius 2 is 2.20 bits per heavy atom. The summed E-state index contributed by atoms with van der Waals surface area (Å²) in [6.07, 6.45) is 7.27. The van der Waals surface area contributed by atoms with Crippen LogP contribution >= 0.6 is 0 Å². The second kappa shape index (κ2) is 3.50. The average molecular weight is 209 g/mol. The summed E-state index contributed by atoms with van der Waals surface area (Å²) in [6.45, 7) is 7.08. The summed E-state index contributed by atoms with van der Waals surface area (Å²) in [5.41, 5.74) is 0.803. The van der Waals surface area contributed by atoms with Gasteiger partial charge in [-0.05, 0) is 42.4 Å². The highest BCUT2D eigenvalue weighted by atomic mass is 16.1. The molecular weight excluding hydrogens is 186 g/mol. The molecule has 2 aliphatic carbocycles. The summed E-state index contributed by atoms with van der Waals surface area (Å²) >= 11 is 0. The van der Waals surface area contributed by atoms with Gasteiger partial charge in [-0.15, -0.1) is 0 Å². The van der Waals surface area contributed by atoms with Gasteiger partial charge in [0.2, 0.25) is 6.41 Å². The van der Waals surface area contributed by atoms with Gasteiger partial charge in [0.1, 0.15) is 0 Å². The number of amides is 1. The van der Waals surface area contributed by atoms with E-state index in [1.807, 2.05) is 0 Å². The van der Waals surface area contributed by atoms with Crippen LogP contribution in [0.3, 0.4) is 0 Å². The Morgan fingerprint density at radius 3 is 2.73 bits per heavy atom. The van der Waals surface area contributed by atoms with Crippen molar-refractivity contribution in [2.45, 2.75) is 58.9 Å². The molecule has 0 aromatic heterocycles. The molecule has 0 aromatic carbocycles. The second-order valence-corrected chi connectivity index (χ2v) is 5.94. The summed E-state index contributed by atoms with van der Waals surface area (Å²) < 4.78 is 0. The lowest BCUT2D eigenvalue weighted by Crippen LogP contribution is -2.46. The molecule has 0 aliphatic heterocycles. The van der Waals surface area contributed by atoms with Crippen molar-refractivity contribution in [3.8, 4) is 0 Å². The van der Waals surface area contributed by atoms with E-state index in [1.54, 1.807) is 0 Å². The van der Waals surface area contributed by atoms with Gasteiger partial charge in [0.05, 0.1) is 0 Å². The Bertz CT molecular complexity index is 261. The molecule has 2 heteroatoms. The molecule has 0 heterocycles. The molecule has 2 aliphatic rings. The van der Waals surface area contributed by atoms with E-state index < -0.39 is 0 Å². The molecule has 1 N–H and O–H groups in total. The largest absolute Gasteiger partial charge is 0.355 e. The van der Waals surface area contributed by atoms with Gasteiger partial charge in [-0.2, -0.15) is 0 Å². The quantitative estimate of drug-likeness (QED) is 0.709. The first kappa shape index (κ1) is 11.0. The molecule has 1 amide bonds. The summed E-state index contributed by atoms with van der Waals surface area (Å²) in [4.78, 5) is 10.7. The van der Waals surface area contributed by atoms with E-state index in [-0.39, 0.29) is 0 Å². The summed E-state index contributed by atoms with van der Waals surface area (Å²) in [7, 11) is 0.